The lowest BCUT2D eigenvalue weighted by Crippen LogP contribution is -2.55. The van der Waals surface area contributed by atoms with Crippen molar-refractivity contribution in [2.45, 2.75) is 113 Å². The van der Waals surface area contributed by atoms with Crippen LogP contribution < -0.4 is 5.32 Å². The van der Waals surface area contributed by atoms with Gasteiger partial charge in [-0.25, -0.2) is 0 Å². The van der Waals surface area contributed by atoms with E-state index in [0.29, 0.717) is 17.8 Å². The molecule has 4 aliphatic rings. The van der Waals surface area contributed by atoms with Crippen molar-refractivity contribution in [3.05, 3.63) is 11.8 Å². The Hall–Kier alpha value is -0.790. The zero-order chi connectivity index (χ0) is 23.0. The minimum atomic E-state index is 0.202. The van der Waals surface area contributed by atoms with Crippen molar-refractivity contribution in [1.29, 1.82) is 0 Å². The molecule has 0 aromatic carbocycles. The van der Waals surface area contributed by atoms with Gasteiger partial charge in [0, 0.05) is 17.5 Å². The van der Waals surface area contributed by atoms with E-state index in [1.807, 2.05) is 13.8 Å². The normalized spacial score (nSPS) is 42.4. The molecule has 0 aromatic heterocycles. The van der Waals surface area contributed by atoms with E-state index in [2.05, 4.69) is 52.9 Å². The molecule has 1 heterocycles. The van der Waals surface area contributed by atoms with Crippen LogP contribution in [0.5, 0.6) is 0 Å². The third kappa shape index (κ3) is 4.39. The molecule has 8 atom stereocenters. The molecular weight excluding hydrogens is 378 g/mol. The van der Waals surface area contributed by atoms with Crippen LogP contribution >= 0.6 is 0 Å². The van der Waals surface area contributed by atoms with Crippen LogP contribution in [0.4, 0.5) is 0 Å². The van der Waals surface area contributed by atoms with Crippen LogP contribution in [0.15, 0.2) is 11.8 Å². The number of rotatable bonds is 5. The molecule has 2 saturated carbocycles. The summed E-state index contributed by atoms with van der Waals surface area (Å²) in [5, 5.41) is 3.27. The molecule has 0 radical (unpaired) electrons. The smallest absolute Gasteiger partial charge is 0.224 e. The summed E-state index contributed by atoms with van der Waals surface area (Å²) in [6.07, 6.45) is 14.1. The highest BCUT2D eigenvalue weighted by molar-refractivity contribution is 5.79. The number of hydrogen-bond donors (Lipinski definition) is 1. The zero-order valence-electron chi connectivity index (χ0n) is 21.9. The molecule has 0 spiro atoms. The van der Waals surface area contributed by atoms with Crippen LogP contribution in [-0.2, 0) is 4.79 Å². The molecule has 1 amide bonds. The second kappa shape index (κ2) is 9.60. The van der Waals surface area contributed by atoms with E-state index in [1.54, 1.807) is 0 Å². The van der Waals surface area contributed by atoms with Crippen molar-refractivity contribution >= 4 is 5.91 Å². The summed E-state index contributed by atoms with van der Waals surface area (Å²) in [5.74, 6) is 5.90. The quantitative estimate of drug-likeness (QED) is 0.471. The van der Waals surface area contributed by atoms with Crippen LogP contribution in [0.3, 0.4) is 0 Å². The first-order valence-corrected chi connectivity index (χ1v) is 13.7. The van der Waals surface area contributed by atoms with Gasteiger partial charge in [0.15, 0.2) is 0 Å². The maximum absolute atomic E-state index is 12.1. The fourth-order valence-electron chi connectivity index (χ4n) is 8.55. The molecule has 2 nitrogen and oxygen atoms in total. The van der Waals surface area contributed by atoms with Crippen molar-refractivity contribution in [3.63, 3.8) is 0 Å². The number of piperidine rings is 1. The Labute approximate surface area is 193 Å². The molecule has 0 aromatic rings. The largest absolute Gasteiger partial charge is 0.330 e. The Bertz CT molecular complexity index is 666. The minimum Gasteiger partial charge on any atom is -0.330 e. The Morgan fingerprint density at radius 3 is 2.42 bits per heavy atom. The number of allylic oxidation sites excluding steroid dienone is 2. The minimum absolute atomic E-state index is 0.202. The average molecular weight is 430 g/mol. The van der Waals surface area contributed by atoms with E-state index in [4.69, 9.17) is 0 Å². The maximum atomic E-state index is 12.1. The van der Waals surface area contributed by atoms with Crippen molar-refractivity contribution in [3.8, 4) is 0 Å². The standard InChI is InChI=1S/C27H45NO.C2H6/c1-17(2)8-7-9-18(3)20-10-11-21-25-19(4)16-23-27(6,15-13-24(29)28-23)22(25)12-14-26(20,21)5;1-2/h16-22,25H,7-15H2,1-6H3,(H,28,29);1-2H3/t18?,19?,20?,21?,22?,25?,26-,27-;/m1./s1. The second-order valence-corrected chi connectivity index (χ2v) is 12.2. The second-order valence-electron chi connectivity index (χ2n) is 12.2. The number of fused-ring (bicyclic) bond motifs is 5. The molecule has 3 fully saturated rings. The van der Waals surface area contributed by atoms with Gasteiger partial charge in [-0.1, -0.05) is 80.7 Å². The maximum Gasteiger partial charge on any atom is 0.224 e. The van der Waals surface area contributed by atoms with Gasteiger partial charge < -0.3 is 5.32 Å². The number of nitrogens with one attached hydrogen (secondary N) is 1. The van der Waals surface area contributed by atoms with E-state index >= 15 is 0 Å². The SMILES string of the molecule is CC.CC(C)CCCC(C)C1CCC2C3C(C)C=C4NC(=O)CC[C@]4(C)C3CC[C@]12C. The lowest BCUT2D eigenvalue weighted by molar-refractivity contribution is -0.126. The van der Waals surface area contributed by atoms with Gasteiger partial charge >= 0.3 is 0 Å². The summed E-state index contributed by atoms with van der Waals surface area (Å²) in [4.78, 5) is 12.1. The summed E-state index contributed by atoms with van der Waals surface area (Å²) < 4.78 is 0. The molecule has 4 rings (SSSR count). The highest BCUT2D eigenvalue weighted by Gasteiger charge is 2.60. The predicted octanol–water partition coefficient (Wildman–Crippen LogP) is 7.98. The molecular formula is C29H51NO. The molecule has 1 saturated heterocycles. The Kier molecular flexibility index (Phi) is 7.69. The first-order chi connectivity index (χ1) is 14.7. The van der Waals surface area contributed by atoms with Crippen LogP contribution in [0.1, 0.15) is 113 Å². The van der Waals surface area contributed by atoms with Crippen molar-refractivity contribution in [2.75, 3.05) is 0 Å². The molecule has 0 bridgehead atoms. The van der Waals surface area contributed by atoms with Crippen LogP contribution in [0.25, 0.3) is 0 Å². The molecule has 3 aliphatic carbocycles. The Morgan fingerprint density at radius 1 is 1.03 bits per heavy atom. The first-order valence-electron chi connectivity index (χ1n) is 13.7. The fraction of sp³-hybridized carbons (Fsp3) is 0.897. The van der Waals surface area contributed by atoms with Gasteiger partial charge in [0.25, 0.3) is 0 Å². The van der Waals surface area contributed by atoms with E-state index in [0.717, 1.165) is 41.9 Å². The van der Waals surface area contributed by atoms with E-state index in [-0.39, 0.29) is 11.3 Å². The highest BCUT2D eigenvalue weighted by Crippen LogP contribution is 2.67. The third-order valence-electron chi connectivity index (χ3n) is 10.1. The summed E-state index contributed by atoms with van der Waals surface area (Å²) >= 11 is 0. The van der Waals surface area contributed by atoms with E-state index in [9.17, 15) is 4.79 Å². The van der Waals surface area contributed by atoms with Gasteiger partial charge in [0.1, 0.15) is 0 Å². The van der Waals surface area contributed by atoms with Crippen molar-refractivity contribution in [2.24, 2.45) is 52.3 Å². The number of hydrogen-bond acceptors (Lipinski definition) is 1. The zero-order valence-corrected chi connectivity index (χ0v) is 21.9. The lowest BCUT2D eigenvalue weighted by atomic mass is 9.46. The Morgan fingerprint density at radius 2 is 1.74 bits per heavy atom. The highest BCUT2D eigenvalue weighted by atomic mass is 16.1. The van der Waals surface area contributed by atoms with Crippen molar-refractivity contribution in [1.82, 2.24) is 5.32 Å². The molecule has 178 valence electrons. The summed E-state index contributed by atoms with van der Waals surface area (Å²) in [5.41, 5.74) is 2.00. The van der Waals surface area contributed by atoms with Gasteiger partial charge in [-0.2, -0.15) is 0 Å². The number of carbonyl (C=O) groups is 1. The molecule has 2 heteroatoms. The van der Waals surface area contributed by atoms with Gasteiger partial charge in [-0.3, -0.25) is 4.79 Å². The van der Waals surface area contributed by atoms with Crippen molar-refractivity contribution < 1.29 is 4.79 Å². The van der Waals surface area contributed by atoms with Crippen LogP contribution in [0.2, 0.25) is 0 Å². The predicted molar refractivity (Wildman–Crippen MR) is 132 cm³/mol. The van der Waals surface area contributed by atoms with E-state index < -0.39 is 0 Å². The third-order valence-corrected chi connectivity index (χ3v) is 10.1. The van der Waals surface area contributed by atoms with E-state index in [1.165, 1.54) is 50.6 Å². The Balaban J connectivity index is 0.00000132. The summed E-state index contributed by atoms with van der Waals surface area (Å²) in [7, 11) is 0. The van der Waals surface area contributed by atoms with Gasteiger partial charge in [0.05, 0.1) is 0 Å². The average Bonchev–Trinajstić information content (AvgIpc) is 3.08. The fourth-order valence-corrected chi connectivity index (χ4v) is 8.55. The van der Waals surface area contributed by atoms with Gasteiger partial charge in [-0.15, -0.1) is 0 Å². The van der Waals surface area contributed by atoms with Gasteiger partial charge in [0.2, 0.25) is 5.91 Å². The van der Waals surface area contributed by atoms with Gasteiger partial charge in [-0.05, 0) is 78.9 Å². The monoisotopic (exact) mass is 429 g/mol. The topological polar surface area (TPSA) is 29.1 Å². The summed E-state index contributed by atoms with van der Waals surface area (Å²) in [6.45, 7) is 18.9. The molecule has 31 heavy (non-hydrogen) atoms. The number of carbonyl (C=O) groups excluding carboxylic acids is 1. The van der Waals surface area contributed by atoms with Crippen LogP contribution in [-0.4, -0.2) is 5.91 Å². The number of amides is 1. The lowest BCUT2D eigenvalue weighted by Gasteiger charge is -2.59. The van der Waals surface area contributed by atoms with Crippen LogP contribution in [0, 0.1) is 52.3 Å². The molecule has 1 aliphatic heterocycles. The summed E-state index contributed by atoms with van der Waals surface area (Å²) in [6, 6.07) is 0. The molecule has 1 N–H and O–H groups in total. The first kappa shape index (κ1) is 24.8. The molecule has 6 unspecified atom stereocenters.